The van der Waals surface area contributed by atoms with Crippen molar-refractivity contribution in [3.05, 3.63) is 108 Å². The molecule has 0 N–H and O–H groups in total. The predicted octanol–water partition coefficient (Wildman–Crippen LogP) is 5.68. The molecular formula is C28H27NO2. The minimum atomic E-state index is -0.731. The van der Waals surface area contributed by atoms with E-state index < -0.39 is 11.6 Å². The molecule has 0 saturated carbocycles. The molecule has 0 amide bonds. The Morgan fingerprint density at radius 2 is 1.32 bits per heavy atom. The maximum absolute atomic E-state index is 13.0. The van der Waals surface area contributed by atoms with E-state index in [-0.39, 0.29) is 12.4 Å². The van der Waals surface area contributed by atoms with Gasteiger partial charge in [-0.3, -0.25) is 4.99 Å². The van der Waals surface area contributed by atoms with E-state index in [0.717, 1.165) is 22.4 Å². The van der Waals surface area contributed by atoms with Crippen LogP contribution in [0.3, 0.4) is 0 Å². The van der Waals surface area contributed by atoms with Gasteiger partial charge < -0.3 is 4.74 Å². The Labute approximate surface area is 184 Å². The van der Waals surface area contributed by atoms with Crippen LogP contribution in [-0.4, -0.2) is 23.3 Å². The Morgan fingerprint density at radius 1 is 0.839 bits per heavy atom. The second kappa shape index (κ2) is 10.4. The van der Waals surface area contributed by atoms with Crippen molar-refractivity contribution in [2.75, 3.05) is 0 Å². The molecule has 3 heteroatoms. The number of nitrogens with zero attached hydrogens (tertiary/aromatic N) is 1. The van der Waals surface area contributed by atoms with Crippen LogP contribution in [0.25, 0.3) is 0 Å². The topological polar surface area (TPSA) is 38.7 Å². The number of carbonyl (C=O) groups is 1. The van der Waals surface area contributed by atoms with Crippen LogP contribution >= 0.6 is 0 Å². The second-order valence-electron chi connectivity index (χ2n) is 8.13. The molecule has 0 bridgehead atoms. The van der Waals surface area contributed by atoms with Gasteiger partial charge in [0.05, 0.1) is 5.71 Å². The number of benzene rings is 3. The summed E-state index contributed by atoms with van der Waals surface area (Å²) in [5.74, 6) is 5.86. The van der Waals surface area contributed by atoms with E-state index in [9.17, 15) is 4.79 Å². The molecule has 0 heterocycles. The largest absolute Gasteiger partial charge is 0.458 e. The summed E-state index contributed by atoms with van der Waals surface area (Å²) >= 11 is 0. The SMILES string of the molecule is CC(C)(C)OC(=O)C(CC#Cc1ccccc1)N=C(c1ccccc1)c1ccccc1. The van der Waals surface area contributed by atoms with Crippen LogP contribution in [0.15, 0.2) is 96.0 Å². The van der Waals surface area contributed by atoms with Crippen molar-refractivity contribution < 1.29 is 9.53 Å². The van der Waals surface area contributed by atoms with E-state index in [0.29, 0.717) is 0 Å². The second-order valence-corrected chi connectivity index (χ2v) is 8.13. The first-order valence-electron chi connectivity index (χ1n) is 10.4. The first-order chi connectivity index (χ1) is 14.9. The van der Waals surface area contributed by atoms with Gasteiger partial charge >= 0.3 is 5.97 Å². The van der Waals surface area contributed by atoms with Gasteiger partial charge in [-0.2, -0.15) is 0 Å². The Kier molecular flexibility index (Phi) is 7.40. The summed E-state index contributed by atoms with van der Waals surface area (Å²) in [6.07, 6.45) is 0.271. The number of esters is 1. The van der Waals surface area contributed by atoms with Gasteiger partial charge in [0.25, 0.3) is 0 Å². The average Bonchev–Trinajstić information content (AvgIpc) is 2.77. The molecule has 3 aromatic carbocycles. The van der Waals surface area contributed by atoms with Crippen molar-refractivity contribution in [2.24, 2.45) is 4.99 Å². The van der Waals surface area contributed by atoms with Crippen molar-refractivity contribution in [1.82, 2.24) is 0 Å². The average molecular weight is 410 g/mol. The molecule has 1 unspecified atom stereocenters. The summed E-state index contributed by atoms with van der Waals surface area (Å²) < 4.78 is 5.66. The molecule has 0 aromatic heterocycles. The van der Waals surface area contributed by atoms with Gasteiger partial charge in [0, 0.05) is 23.1 Å². The molecule has 0 aliphatic heterocycles. The molecule has 1 atom stereocenters. The molecule has 3 nitrogen and oxygen atoms in total. The Morgan fingerprint density at radius 3 is 1.81 bits per heavy atom. The third-order valence-electron chi connectivity index (χ3n) is 4.36. The molecule has 0 aliphatic rings. The first-order valence-corrected chi connectivity index (χ1v) is 10.4. The van der Waals surface area contributed by atoms with Gasteiger partial charge in [0.15, 0.2) is 6.04 Å². The molecule has 0 fully saturated rings. The van der Waals surface area contributed by atoms with Gasteiger partial charge in [-0.1, -0.05) is 90.7 Å². The summed E-state index contributed by atoms with van der Waals surface area (Å²) in [6, 6.07) is 28.7. The molecule has 156 valence electrons. The van der Waals surface area contributed by atoms with Crippen LogP contribution in [0.5, 0.6) is 0 Å². The lowest BCUT2D eigenvalue weighted by molar-refractivity contribution is -0.156. The maximum atomic E-state index is 13.0. The van der Waals surface area contributed by atoms with E-state index in [4.69, 9.17) is 9.73 Å². The fourth-order valence-electron chi connectivity index (χ4n) is 2.99. The van der Waals surface area contributed by atoms with Crippen LogP contribution in [0.2, 0.25) is 0 Å². The van der Waals surface area contributed by atoms with Gasteiger partial charge in [0.1, 0.15) is 5.60 Å². The van der Waals surface area contributed by atoms with Crippen LogP contribution in [-0.2, 0) is 9.53 Å². The fraction of sp³-hybridized carbons (Fsp3) is 0.214. The quantitative estimate of drug-likeness (QED) is 0.309. The van der Waals surface area contributed by atoms with E-state index >= 15 is 0 Å². The normalized spacial score (nSPS) is 11.6. The van der Waals surface area contributed by atoms with Gasteiger partial charge in [-0.25, -0.2) is 4.79 Å². The maximum Gasteiger partial charge on any atom is 0.332 e. The molecular weight excluding hydrogens is 382 g/mol. The standard InChI is InChI=1S/C28H27NO2/c1-28(2,3)31-27(30)25(21-13-16-22-14-7-4-8-15-22)29-26(23-17-9-5-10-18-23)24-19-11-6-12-20-24/h4-12,14-15,17-20,25H,21H2,1-3H3. The molecule has 31 heavy (non-hydrogen) atoms. The number of hydrogen-bond acceptors (Lipinski definition) is 3. The lowest BCUT2D eigenvalue weighted by atomic mass is 10.0. The summed E-state index contributed by atoms with van der Waals surface area (Å²) in [5.41, 5.74) is 2.94. The van der Waals surface area contributed by atoms with Crippen LogP contribution in [0.4, 0.5) is 0 Å². The minimum Gasteiger partial charge on any atom is -0.458 e. The lowest BCUT2D eigenvalue weighted by Crippen LogP contribution is -2.31. The highest BCUT2D eigenvalue weighted by Crippen LogP contribution is 2.16. The number of ether oxygens (including phenoxy) is 1. The smallest absolute Gasteiger partial charge is 0.332 e. The summed E-state index contributed by atoms with van der Waals surface area (Å²) in [6.45, 7) is 5.57. The number of carbonyl (C=O) groups excluding carboxylic acids is 1. The van der Waals surface area contributed by atoms with Crippen molar-refractivity contribution in [3.8, 4) is 11.8 Å². The molecule has 3 rings (SSSR count). The highest BCUT2D eigenvalue weighted by atomic mass is 16.6. The van der Waals surface area contributed by atoms with E-state index in [2.05, 4.69) is 11.8 Å². The van der Waals surface area contributed by atoms with Crippen molar-refractivity contribution in [2.45, 2.75) is 38.8 Å². The fourth-order valence-corrected chi connectivity index (χ4v) is 2.99. The van der Waals surface area contributed by atoms with E-state index in [1.807, 2.05) is 112 Å². The third-order valence-corrected chi connectivity index (χ3v) is 4.36. The first kappa shape index (κ1) is 22.1. The zero-order valence-electron chi connectivity index (χ0n) is 18.2. The minimum absolute atomic E-state index is 0.271. The molecule has 3 aromatic rings. The number of rotatable bonds is 5. The number of aliphatic imine (C=N–C) groups is 1. The third kappa shape index (κ3) is 6.97. The van der Waals surface area contributed by atoms with Crippen molar-refractivity contribution in [3.63, 3.8) is 0 Å². The summed E-state index contributed by atoms with van der Waals surface area (Å²) in [5, 5.41) is 0. The van der Waals surface area contributed by atoms with Gasteiger partial charge in [0.2, 0.25) is 0 Å². The zero-order valence-corrected chi connectivity index (χ0v) is 18.2. The van der Waals surface area contributed by atoms with Crippen molar-refractivity contribution >= 4 is 11.7 Å². The molecule has 0 spiro atoms. The van der Waals surface area contributed by atoms with E-state index in [1.165, 1.54) is 0 Å². The molecule has 0 saturated heterocycles. The highest BCUT2D eigenvalue weighted by molar-refractivity contribution is 6.13. The van der Waals surface area contributed by atoms with Crippen LogP contribution in [0, 0.1) is 11.8 Å². The highest BCUT2D eigenvalue weighted by Gasteiger charge is 2.25. The summed E-state index contributed by atoms with van der Waals surface area (Å²) in [7, 11) is 0. The molecule has 0 radical (unpaired) electrons. The van der Waals surface area contributed by atoms with Crippen LogP contribution in [0.1, 0.15) is 43.9 Å². The van der Waals surface area contributed by atoms with Crippen LogP contribution < -0.4 is 0 Å². The van der Waals surface area contributed by atoms with Gasteiger partial charge in [-0.05, 0) is 32.9 Å². The van der Waals surface area contributed by atoms with E-state index in [1.54, 1.807) is 0 Å². The monoisotopic (exact) mass is 409 g/mol. The lowest BCUT2D eigenvalue weighted by Gasteiger charge is -2.22. The predicted molar refractivity (Wildman–Crippen MR) is 126 cm³/mol. The Balaban J connectivity index is 1.99. The molecule has 0 aliphatic carbocycles. The van der Waals surface area contributed by atoms with Crippen molar-refractivity contribution in [1.29, 1.82) is 0 Å². The Hall–Kier alpha value is -3.64. The Bertz CT molecular complexity index is 1030. The van der Waals surface area contributed by atoms with Gasteiger partial charge in [-0.15, -0.1) is 0 Å². The zero-order chi connectivity index (χ0) is 22.1. The summed E-state index contributed by atoms with van der Waals surface area (Å²) in [4.78, 5) is 17.9. The number of hydrogen-bond donors (Lipinski definition) is 0.